The number of carboxylic acid groups (broad SMARTS) is 1. The van der Waals surface area contributed by atoms with Gasteiger partial charge < -0.3 is 21.0 Å². The summed E-state index contributed by atoms with van der Waals surface area (Å²) in [6.45, 7) is 5.47. The van der Waals surface area contributed by atoms with Gasteiger partial charge in [0.25, 0.3) is 0 Å². The van der Waals surface area contributed by atoms with Crippen LogP contribution < -0.4 is 34.5 Å². The molecule has 0 radical (unpaired) electrons. The molecule has 166 valence electrons. The Morgan fingerprint density at radius 3 is 2.56 bits per heavy atom. The molecule has 1 saturated heterocycles. The summed E-state index contributed by atoms with van der Waals surface area (Å²) in [6, 6.07) is 9.77. The third-order valence-corrected chi connectivity index (χ3v) is 6.07. The van der Waals surface area contributed by atoms with Crippen LogP contribution in [0.3, 0.4) is 0 Å². The van der Waals surface area contributed by atoms with Crippen LogP contribution in [0, 0.1) is 5.92 Å². The summed E-state index contributed by atoms with van der Waals surface area (Å²) >= 11 is 0. The number of carboxylic acids is 1. The number of anilines is 1. The van der Waals surface area contributed by atoms with Gasteiger partial charge in [-0.2, -0.15) is 0 Å². The summed E-state index contributed by atoms with van der Waals surface area (Å²) in [4.78, 5) is 23.8. The second-order valence-corrected chi connectivity index (χ2v) is 7.98. The minimum atomic E-state index is -1.02. The van der Waals surface area contributed by atoms with Crippen LogP contribution in [-0.4, -0.2) is 63.8 Å². The van der Waals surface area contributed by atoms with Gasteiger partial charge in [0.15, 0.2) is 0 Å². The molecule has 9 heteroatoms. The molecule has 3 heterocycles. The quantitative estimate of drug-likeness (QED) is 0.475. The van der Waals surface area contributed by atoms with Crippen molar-refractivity contribution in [3.05, 3.63) is 54.0 Å². The smallest absolute Gasteiger partial charge is 1.00 e. The normalized spacial score (nSPS) is 15.7. The van der Waals surface area contributed by atoms with Gasteiger partial charge in [0.2, 0.25) is 5.95 Å². The van der Waals surface area contributed by atoms with Crippen molar-refractivity contribution in [2.45, 2.75) is 25.8 Å². The number of para-hydroxylation sites is 1. The molecular weight excluding hydrogens is 419 g/mol. The number of fused-ring (bicyclic) bond motifs is 1. The SMILES string of the molecule is CCN(CC1CCN(c2ncc(C(=O)O)cn2)CC1)C(CO)c1cc2ccccc2o1.[H-].[Na+]. The summed E-state index contributed by atoms with van der Waals surface area (Å²) in [6.07, 6.45) is 4.68. The number of likely N-dealkylation sites (N-methyl/N-ethyl adjacent to an activating group) is 1. The second-order valence-electron chi connectivity index (χ2n) is 7.98. The molecule has 0 amide bonds. The van der Waals surface area contributed by atoms with Crippen LogP contribution >= 0.6 is 0 Å². The Bertz CT molecular complexity index is 992. The second kappa shape index (κ2) is 11.2. The van der Waals surface area contributed by atoms with Crippen LogP contribution in [0.2, 0.25) is 0 Å². The Morgan fingerprint density at radius 2 is 1.97 bits per heavy atom. The van der Waals surface area contributed by atoms with E-state index in [0.29, 0.717) is 11.9 Å². The predicted octanol–water partition coefficient (Wildman–Crippen LogP) is 0.309. The minimum absolute atomic E-state index is 0. The van der Waals surface area contributed by atoms with Gasteiger partial charge in [-0.15, -0.1) is 0 Å². The van der Waals surface area contributed by atoms with Crippen molar-refractivity contribution in [1.29, 1.82) is 0 Å². The van der Waals surface area contributed by atoms with Crippen molar-refractivity contribution in [3.8, 4) is 0 Å². The summed E-state index contributed by atoms with van der Waals surface area (Å²) in [5, 5.41) is 20.2. The summed E-state index contributed by atoms with van der Waals surface area (Å²) < 4.78 is 6.03. The maximum Gasteiger partial charge on any atom is 1.00 e. The number of furan rings is 1. The van der Waals surface area contributed by atoms with Crippen LogP contribution in [0.4, 0.5) is 5.95 Å². The van der Waals surface area contributed by atoms with Crippen molar-refractivity contribution in [2.24, 2.45) is 5.92 Å². The Labute approximate surface area is 211 Å². The molecule has 0 saturated carbocycles. The monoisotopic (exact) mass is 448 g/mol. The summed E-state index contributed by atoms with van der Waals surface area (Å²) in [5.74, 6) is 0.849. The fraction of sp³-hybridized carbons (Fsp3) is 0.435. The first-order valence-corrected chi connectivity index (χ1v) is 10.7. The fourth-order valence-corrected chi connectivity index (χ4v) is 4.27. The summed E-state index contributed by atoms with van der Waals surface area (Å²) in [5.41, 5.74) is 0.937. The topological polar surface area (TPSA) is 103 Å². The maximum absolute atomic E-state index is 11.0. The first-order valence-electron chi connectivity index (χ1n) is 10.7. The number of hydrogen-bond donors (Lipinski definition) is 2. The number of rotatable bonds is 8. The third kappa shape index (κ3) is 5.50. The number of piperidine rings is 1. The molecule has 1 unspecified atom stereocenters. The molecule has 2 aromatic heterocycles. The Hall–Kier alpha value is -1.97. The molecule has 4 rings (SSSR count). The average Bonchev–Trinajstić information content (AvgIpc) is 3.23. The molecule has 0 spiro atoms. The number of benzene rings is 1. The van der Waals surface area contributed by atoms with Gasteiger partial charge in [-0.25, -0.2) is 14.8 Å². The molecule has 1 aliphatic rings. The molecule has 1 fully saturated rings. The number of aliphatic hydroxyl groups excluding tert-OH is 1. The first kappa shape index (κ1) is 24.7. The van der Waals surface area contributed by atoms with Crippen molar-refractivity contribution < 1.29 is 50.4 Å². The van der Waals surface area contributed by atoms with E-state index in [9.17, 15) is 9.90 Å². The third-order valence-electron chi connectivity index (χ3n) is 6.07. The molecular formula is C23H29N4NaO4. The summed E-state index contributed by atoms with van der Waals surface area (Å²) in [7, 11) is 0. The van der Waals surface area contributed by atoms with Gasteiger partial charge in [-0.05, 0) is 37.4 Å². The minimum Gasteiger partial charge on any atom is -1.00 e. The fourth-order valence-electron chi connectivity index (χ4n) is 4.27. The van der Waals surface area contributed by atoms with E-state index in [0.717, 1.165) is 55.8 Å². The Kier molecular flexibility index (Phi) is 8.67. The van der Waals surface area contributed by atoms with Crippen LogP contribution in [0.5, 0.6) is 0 Å². The first-order chi connectivity index (χ1) is 15.1. The molecule has 1 atom stereocenters. The Balaban J connectivity index is 0.00000193. The van der Waals surface area contributed by atoms with Crippen LogP contribution in [0.25, 0.3) is 11.0 Å². The van der Waals surface area contributed by atoms with Crippen molar-refractivity contribution >= 4 is 22.9 Å². The van der Waals surface area contributed by atoms with E-state index in [1.165, 1.54) is 12.4 Å². The van der Waals surface area contributed by atoms with E-state index in [4.69, 9.17) is 9.52 Å². The van der Waals surface area contributed by atoms with Crippen LogP contribution in [0.1, 0.15) is 43.4 Å². The largest absolute Gasteiger partial charge is 1.00 e. The number of carbonyl (C=O) groups is 1. The van der Waals surface area contributed by atoms with Gasteiger partial charge >= 0.3 is 35.5 Å². The molecule has 2 N–H and O–H groups in total. The zero-order chi connectivity index (χ0) is 21.8. The Morgan fingerprint density at radius 1 is 1.28 bits per heavy atom. The van der Waals surface area contributed by atoms with Crippen molar-refractivity contribution in [2.75, 3.05) is 37.7 Å². The number of aromatic carboxylic acids is 1. The number of hydrogen-bond acceptors (Lipinski definition) is 7. The molecule has 0 bridgehead atoms. The molecule has 32 heavy (non-hydrogen) atoms. The van der Waals surface area contributed by atoms with Gasteiger partial charge in [-0.3, -0.25) is 4.90 Å². The van der Waals surface area contributed by atoms with Crippen molar-refractivity contribution in [1.82, 2.24) is 14.9 Å². The van der Waals surface area contributed by atoms with Gasteiger partial charge in [0, 0.05) is 37.4 Å². The molecule has 1 aliphatic heterocycles. The van der Waals surface area contributed by atoms with Gasteiger partial charge in [-0.1, -0.05) is 25.1 Å². The average molecular weight is 448 g/mol. The van der Waals surface area contributed by atoms with Gasteiger partial charge in [0.1, 0.15) is 11.3 Å². The van der Waals surface area contributed by atoms with E-state index in [1.54, 1.807) is 0 Å². The molecule has 0 aliphatic carbocycles. The predicted molar refractivity (Wildman–Crippen MR) is 118 cm³/mol. The maximum atomic E-state index is 11.0. The number of aliphatic hydroxyl groups is 1. The molecule has 8 nitrogen and oxygen atoms in total. The number of aromatic nitrogens is 2. The zero-order valence-corrected chi connectivity index (χ0v) is 20.6. The van der Waals surface area contributed by atoms with E-state index in [-0.39, 0.29) is 49.2 Å². The molecule has 1 aromatic carbocycles. The van der Waals surface area contributed by atoms with Crippen molar-refractivity contribution in [3.63, 3.8) is 0 Å². The van der Waals surface area contributed by atoms with Crippen LogP contribution in [-0.2, 0) is 0 Å². The van der Waals surface area contributed by atoms with E-state index in [1.807, 2.05) is 30.3 Å². The van der Waals surface area contributed by atoms with E-state index in [2.05, 4.69) is 26.7 Å². The molecule has 3 aromatic rings. The number of nitrogens with zero attached hydrogens (tertiary/aromatic N) is 4. The van der Waals surface area contributed by atoms with Crippen LogP contribution in [0.15, 0.2) is 47.1 Å². The van der Waals surface area contributed by atoms with E-state index >= 15 is 0 Å². The standard InChI is InChI=1S/C23H28N4O4.Na.H/c1-2-26(19(15-28)21-11-17-5-3-4-6-20(17)31-21)14-16-7-9-27(10-8-16)23-24-12-18(13-25-23)22(29)30;;/h3-6,11-13,16,19,28H,2,7-10,14-15H2,1H3,(H,29,30);;/q;+1;-1. The van der Waals surface area contributed by atoms with Gasteiger partial charge in [0.05, 0.1) is 18.2 Å². The van der Waals surface area contributed by atoms with E-state index < -0.39 is 5.97 Å². The zero-order valence-electron chi connectivity index (χ0n) is 19.6.